The molecule has 6 aromatic rings. The molecule has 10 N–H and O–H groups in total. The van der Waals surface area contributed by atoms with Gasteiger partial charge in [-0.05, 0) is 95.2 Å². The van der Waals surface area contributed by atoms with E-state index in [-0.39, 0.29) is 62.2 Å². The number of nitrogens with one attached hydrogen (secondary N) is 5. The van der Waals surface area contributed by atoms with Crippen LogP contribution in [0, 0.1) is 0 Å². The fourth-order valence-corrected chi connectivity index (χ4v) is 8.03. The first-order valence-corrected chi connectivity index (χ1v) is 24.1. The van der Waals surface area contributed by atoms with Gasteiger partial charge in [-0.15, -0.1) is 0 Å². The lowest BCUT2D eigenvalue weighted by Gasteiger charge is -2.26. The molecule has 0 fully saturated rings. The maximum absolute atomic E-state index is 14.4. The van der Waals surface area contributed by atoms with Gasteiger partial charge in [0.05, 0.1) is 12.8 Å². The number of aliphatic imine (C=N–C) groups is 1. The van der Waals surface area contributed by atoms with Gasteiger partial charge in [-0.1, -0.05) is 152 Å². The molecule has 14 heteroatoms. The summed E-state index contributed by atoms with van der Waals surface area (Å²) in [5.74, 6) is -2.24. The van der Waals surface area contributed by atoms with Gasteiger partial charge in [-0.25, -0.2) is 0 Å². The van der Waals surface area contributed by atoms with E-state index in [2.05, 4.69) is 31.6 Å². The number of nitrogens with zero attached hydrogens (tertiary/aromatic N) is 1. The molecule has 3 atom stereocenters. The molecule has 0 bridgehead atoms. The molecule has 14 nitrogen and oxygen atoms in total. The van der Waals surface area contributed by atoms with Crippen LogP contribution in [0.4, 0.5) is 0 Å². The molecule has 71 heavy (non-hydrogen) atoms. The van der Waals surface area contributed by atoms with Crippen LogP contribution in [0.1, 0.15) is 54.4 Å². The number of aromatic hydroxyl groups is 1. The summed E-state index contributed by atoms with van der Waals surface area (Å²) in [4.78, 5) is 73.1. The Morgan fingerprint density at radius 2 is 0.930 bits per heavy atom. The average Bonchev–Trinajstić information content (AvgIpc) is 3.38. The maximum Gasteiger partial charge on any atom is 0.243 e. The summed E-state index contributed by atoms with van der Waals surface area (Å²) < 4.78 is 0. The second kappa shape index (κ2) is 27.7. The van der Waals surface area contributed by atoms with Crippen LogP contribution in [0.5, 0.6) is 5.75 Å². The monoisotopic (exact) mass is 956 g/mol. The SMILES string of the molecule is NC(N)=NCCC[C@@H](NC(=O)C(CCCCNC(=O)Cc1ccc(-c2ccccc2)cc1)NC(=O)Cc1ccc(-c2ccccc2)cc1)C(=O)N[C@@H](Cc1ccc(O)cc1)C(=O)NCCc1ccccc1. The zero-order chi connectivity index (χ0) is 50.2. The van der Waals surface area contributed by atoms with Crippen LogP contribution in [-0.2, 0) is 49.7 Å². The van der Waals surface area contributed by atoms with Crippen LogP contribution >= 0.6 is 0 Å². The molecule has 0 aliphatic carbocycles. The molecule has 6 rings (SSSR count). The first kappa shape index (κ1) is 52.1. The van der Waals surface area contributed by atoms with E-state index in [1.54, 1.807) is 12.1 Å². The highest BCUT2D eigenvalue weighted by molar-refractivity contribution is 5.94. The fourth-order valence-electron chi connectivity index (χ4n) is 8.03. The van der Waals surface area contributed by atoms with Crippen molar-refractivity contribution >= 4 is 35.5 Å². The van der Waals surface area contributed by atoms with Crippen molar-refractivity contribution in [2.75, 3.05) is 19.6 Å². The van der Waals surface area contributed by atoms with Gasteiger partial charge in [0.1, 0.15) is 23.9 Å². The Balaban J connectivity index is 1.12. The van der Waals surface area contributed by atoms with Gasteiger partial charge in [0.25, 0.3) is 0 Å². The van der Waals surface area contributed by atoms with E-state index in [4.69, 9.17) is 11.5 Å². The highest BCUT2D eigenvalue weighted by atomic mass is 16.3. The first-order chi connectivity index (χ1) is 34.5. The predicted octanol–water partition coefficient (Wildman–Crippen LogP) is 5.91. The van der Waals surface area contributed by atoms with E-state index in [0.29, 0.717) is 44.3 Å². The number of unbranched alkanes of at least 4 members (excludes halogenated alkanes) is 1. The lowest BCUT2D eigenvalue weighted by atomic mass is 10.0. The van der Waals surface area contributed by atoms with E-state index in [0.717, 1.165) is 38.9 Å². The normalized spacial score (nSPS) is 12.1. The molecule has 368 valence electrons. The van der Waals surface area contributed by atoms with Gasteiger partial charge < -0.3 is 43.2 Å². The lowest BCUT2D eigenvalue weighted by Crippen LogP contribution is -2.57. The number of hydrogen-bond acceptors (Lipinski definition) is 7. The van der Waals surface area contributed by atoms with Crippen LogP contribution in [0.25, 0.3) is 22.3 Å². The zero-order valence-electron chi connectivity index (χ0n) is 39.9. The van der Waals surface area contributed by atoms with Crippen molar-refractivity contribution in [2.24, 2.45) is 16.5 Å². The summed E-state index contributed by atoms with van der Waals surface area (Å²) in [7, 11) is 0. The Kier molecular flexibility index (Phi) is 20.3. The Bertz CT molecular complexity index is 2640. The van der Waals surface area contributed by atoms with E-state index >= 15 is 0 Å². The van der Waals surface area contributed by atoms with Crippen molar-refractivity contribution in [2.45, 2.75) is 75.9 Å². The van der Waals surface area contributed by atoms with E-state index in [1.165, 1.54) is 12.1 Å². The molecule has 0 radical (unpaired) electrons. The third kappa shape index (κ3) is 18.0. The molecular formula is C57H64N8O6. The van der Waals surface area contributed by atoms with Gasteiger partial charge in [0.2, 0.25) is 29.5 Å². The third-order valence-electron chi connectivity index (χ3n) is 11.9. The van der Waals surface area contributed by atoms with Gasteiger partial charge in [0.15, 0.2) is 5.96 Å². The number of benzene rings is 6. The van der Waals surface area contributed by atoms with Crippen LogP contribution in [0.3, 0.4) is 0 Å². The number of carbonyl (C=O) groups is 5. The predicted molar refractivity (Wildman–Crippen MR) is 279 cm³/mol. The number of phenolic OH excluding ortho intramolecular Hbond substituents is 1. The Morgan fingerprint density at radius 3 is 1.49 bits per heavy atom. The number of guanidine groups is 1. The Labute approximate surface area is 415 Å². The largest absolute Gasteiger partial charge is 0.508 e. The average molecular weight is 957 g/mol. The maximum atomic E-state index is 14.4. The molecule has 0 aliphatic rings. The molecule has 0 saturated carbocycles. The molecule has 5 amide bonds. The highest BCUT2D eigenvalue weighted by Gasteiger charge is 2.30. The quantitative estimate of drug-likeness (QED) is 0.0185. The van der Waals surface area contributed by atoms with Crippen molar-refractivity contribution in [3.63, 3.8) is 0 Å². The van der Waals surface area contributed by atoms with Gasteiger partial charge in [0, 0.05) is 26.1 Å². The summed E-state index contributed by atoms with van der Waals surface area (Å²) in [5.41, 5.74) is 18.7. The van der Waals surface area contributed by atoms with Crippen LogP contribution < -0.4 is 38.1 Å². The van der Waals surface area contributed by atoms with Crippen molar-refractivity contribution < 1.29 is 29.1 Å². The minimum absolute atomic E-state index is 0.00197. The van der Waals surface area contributed by atoms with Gasteiger partial charge >= 0.3 is 0 Å². The minimum Gasteiger partial charge on any atom is -0.508 e. The topological polar surface area (TPSA) is 230 Å². The molecule has 6 aromatic carbocycles. The van der Waals surface area contributed by atoms with E-state index in [9.17, 15) is 29.1 Å². The molecule has 0 spiro atoms. The third-order valence-corrected chi connectivity index (χ3v) is 11.9. The number of hydrogen-bond donors (Lipinski definition) is 8. The summed E-state index contributed by atoms with van der Waals surface area (Å²) in [6.07, 6.45) is 2.45. The molecular weight excluding hydrogens is 893 g/mol. The number of phenols is 1. The molecule has 0 aromatic heterocycles. The minimum atomic E-state index is -1.15. The van der Waals surface area contributed by atoms with Crippen molar-refractivity contribution in [3.8, 4) is 28.0 Å². The van der Waals surface area contributed by atoms with Crippen molar-refractivity contribution in [1.82, 2.24) is 26.6 Å². The lowest BCUT2D eigenvalue weighted by molar-refractivity contribution is -0.133. The smallest absolute Gasteiger partial charge is 0.243 e. The second-order valence-corrected chi connectivity index (χ2v) is 17.4. The fraction of sp³-hybridized carbons (Fsp3) is 0.263. The molecule has 0 heterocycles. The van der Waals surface area contributed by atoms with Crippen LogP contribution in [0.15, 0.2) is 169 Å². The molecule has 0 aliphatic heterocycles. The summed E-state index contributed by atoms with van der Waals surface area (Å²) >= 11 is 0. The summed E-state index contributed by atoms with van der Waals surface area (Å²) in [6.45, 7) is 0.837. The zero-order valence-corrected chi connectivity index (χ0v) is 39.9. The number of carbonyl (C=O) groups excluding carboxylic acids is 5. The number of rotatable bonds is 26. The Hall–Kier alpha value is -8.26. The van der Waals surface area contributed by atoms with Crippen molar-refractivity contribution in [1.29, 1.82) is 0 Å². The number of nitrogens with two attached hydrogens (primary N) is 2. The van der Waals surface area contributed by atoms with Crippen LogP contribution in [0.2, 0.25) is 0 Å². The standard InChI is InChI=1S/C57H64N8O6/c58-57(59)62-35-12-20-50(56(71)65-51(37-41-25-31-48(66)32-26-41)54(69)61-36-33-40-13-4-1-5-14-40)64-55(70)49(63-53(68)39-43-23-29-47(30-24-43)45-17-8-3-9-18-45)19-10-11-34-60-52(67)38-42-21-27-46(28-22-42)44-15-6-2-7-16-44/h1-9,13-18,21-32,49-51,66H,10-12,19-20,33-39H2,(H,60,67)(H,61,69)(H,63,68)(H,64,70)(H,65,71)(H4,58,59,62)/t49?,50-,51+/m1/s1. The molecule has 1 unspecified atom stereocenters. The van der Waals surface area contributed by atoms with E-state index in [1.807, 2.05) is 140 Å². The van der Waals surface area contributed by atoms with Gasteiger partial charge in [-0.2, -0.15) is 0 Å². The Morgan fingerprint density at radius 1 is 0.451 bits per heavy atom. The first-order valence-electron chi connectivity index (χ1n) is 24.1. The summed E-state index contributed by atoms with van der Waals surface area (Å²) in [5, 5.41) is 24.5. The second-order valence-electron chi connectivity index (χ2n) is 17.4. The van der Waals surface area contributed by atoms with E-state index < -0.39 is 35.8 Å². The van der Waals surface area contributed by atoms with Crippen LogP contribution in [-0.4, -0.2) is 78.4 Å². The summed E-state index contributed by atoms with van der Waals surface area (Å²) in [6, 6.07) is 48.2. The highest BCUT2D eigenvalue weighted by Crippen LogP contribution is 2.21. The number of amides is 5. The van der Waals surface area contributed by atoms with Gasteiger partial charge in [-0.3, -0.25) is 29.0 Å². The molecule has 0 saturated heterocycles. The van der Waals surface area contributed by atoms with Crippen molar-refractivity contribution in [3.05, 3.63) is 186 Å².